The van der Waals surface area contributed by atoms with Gasteiger partial charge in [-0.15, -0.1) is 0 Å². The van der Waals surface area contributed by atoms with Gasteiger partial charge in [0.1, 0.15) is 0 Å². The van der Waals surface area contributed by atoms with Gasteiger partial charge in [0.25, 0.3) is 0 Å². The van der Waals surface area contributed by atoms with Crippen molar-refractivity contribution in [3.63, 3.8) is 0 Å². The van der Waals surface area contributed by atoms with E-state index in [2.05, 4.69) is 12.1 Å². The highest BCUT2D eigenvalue weighted by Crippen LogP contribution is 2.32. The summed E-state index contributed by atoms with van der Waals surface area (Å²) in [5.74, 6) is 0. The Labute approximate surface area is 143 Å². The number of anilines is 1. The second-order valence-electron chi connectivity index (χ2n) is 6.37. The van der Waals surface area contributed by atoms with Gasteiger partial charge >= 0.3 is 0 Å². The molecule has 0 aliphatic heterocycles. The summed E-state index contributed by atoms with van der Waals surface area (Å²) in [5.41, 5.74) is 13.5. The molecule has 0 aliphatic rings. The van der Waals surface area contributed by atoms with Crippen molar-refractivity contribution in [2.24, 2.45) is 0 Å². The van der Waals surface area contributed by atoms with Crippen molar-refractivity contribution in [2.75, 3.05) is 5.73 Å². The number of rotatable bonds is 0. The molecule has 0 atom stereocenters. The molecular formula is C20H15N5. The van der Waals surface area contributed by atoms with E-state index < -0.39 is 0 Å². The number of aryl methyl sites for hydroxylation is 2. The Morgan fingerprint density at radius 2 is 1.12 bits per heavy atom. The lowest BCUT2D eigenvalue weighted by Gasteiger charge is -2.10. The summed E-state index contributed by atoms with van der Waals surface area (Å²) in [6.07, 6.45) is 0. The third kappa shape index (κ3) is 2.02. The number of nitrogen functional groups attached to an aromatic ring is 1. The molecule has 3 heterocycles. The van der Waals surface area contributed by atoms with E-state index in [4.69, 9.17) is 25.7 Å². The normalized spacial score (nSPS) is 11.8. The molecule has 25 heavy (non-hydrogen) atoms. The van der Waals surface area contributed by atoms with Crippen molar-refractivity contribution in [2.45, 2.75) is 13.8 Å². The van der Waals surface area contributed by atoms with Crippen LogP contribution in [0, 0.1) is 13.8 Å². The summed E-state index contributed by atoms with van der Waals surface area (Å²) in [4.78, 5) is 19.2. The molecule has 0 unspecified atom stereocenters. The van der Waals surface area contributed by atoms with Crippen LogP contribution in [0.2, 0.25) is 0 Å². The predicted octanol–water partition coefficient (Wildman–Crippen LogP) is 4.08. The van der Waals surface area contributed by atoms with Crippen LogP contribution >= 0.6 is 0 Å². The lowest BCUT2D eigenvalue weighted by atomic mass is 10.1. The first kappa shape index (κ1) is 14.0. The van der Waals surface area contributed by atoms with Crippen LogP contribution in [0.1, 0.15) is 11.4 Å². The van der Waals surface area contributed by atoms with E-state index in [1.165, 1.54) is 0 Å². The van der Waals surface area contributed by atoms with Crippen LogP contribution in [-0.2, 0) is 0 Å². The van der Waals surface area contributed by atoms with Crippen LogP contribution < -0.4 is 5.73 Å². The molecule has 0 saturated heterocycles. The Kier molecular flexibility index (Phi) is 2.71. The van der Waals surface area contributed by atoms with Crippen molar-refractivity contribution in [1.82, 2.24) is 19.9 Å². The number of aromatic nitrogens is 4. The molecule has 0 bridgehead atoms. The van der Waals surface area contributed by atoms with Crippen LogP contribution in [0.3, 0.4) is 0 Å². The maximum absolute atomic E-state index is 5.92. The lowest BCUT2D eigenvalue weighted by Crippen LogP contribution is -1.96. The Morgan fingerprint density at radius 1 is 0.600 bits per heavy atom. The maximum atomic E-state index is 5.92. The smallest absolute Gasteiger partial charge is 0.0996 e. The lowest BCUT2D eigenvalue weighted by molar-refractivity contribution is 1.23. The standard InChI is InChI=1S/C20H15N5/c1-10-3-6-13-17(22-10)18-14(7-4-11(2)23-18)20-19(13)24-15-8-5-12(21)9-16(15)25-20/h3-9H,21H2,1-2H3. The highest BCUT2D eigenvalue weighted by atomic mass is 14.8. The highest BCUT2D eigenvalue weighted by molar-refractivity contribution is 6.21. The van der Waals surface area contributed by atoms with Crippen molar-refractivity contribution in [3.05, 3.63) is 53.9 Å². The zero-order chi connectivity index (χ0) is 17.1. The summed E-state index contributed by atoms with van der Waals surface area (Å²) >= 11 is 0. The molecule has 0 saturated carbocycles. The average Bonchev–Trinajstić information content (AvgIpc) is 2.60. The van der Waals surface area contributed by atoms with E-state index in [1.54, 1.807) is 0 Å². The van der Waals surface area contributed by atoms with Gasteiger partial charge in [-0.05, 0) is 56.3 Å². The number of nitrogens with two attached hydrogens (primary N) is 1. The van der Waals surface area contributed by atoms with Gasteiger partial charge in [0.2, 0.25) is 0 Å². The van der Waals surface area contributed by atoms with Gasteiger partial charge in [-0.1, -0.05) is 0 Å². The van der Waals surface area contributed by atoms with Crippen LogP contribution in [0.4, 0.5) is 5.69 Å². The number of hydrogen-bond acceptors (Lipinski definition) is 5. The first-order chi connectivity index (χ1) is 12.1. The zero-order valence-electron chi connectivity index (χ0n) is 13.9. The fraction of sp³-hybridized carbons (Fsp3) is 0.100. The number of fused-ring (bicyclic) bond motifs is 7. The number of pyridine rings is 2. The van der Waals surface area contributed by atoms with Gasteiger partial charge in [-0.3, -0.25) is 9.97 Å². The van der Waals surface area contributed by atoms with Crippen molar-refractivity contribution >= 4 is 49.6 Å². The molecule has 0 aliphatic carbocycles. The van der Waals surface area contributed by atoms with Gasteiger partial charge in [0.15, 0.2) is 0 Å². The van der Waals surface area contributed by atoms with Gasteiger partial charge in [0.05, 0.1) is 33.1 Å². The minimum atomic E-state index is 0.678. The predicted molar refractivity (Wildman–Crippen MR) is 102 cm³/mol. The first-order valence-electron chi connectivity index (χ1n) is 8.14. The average molecular weight is 325 g/mol. The number of benzene rings is 2. The van der Waals surface area contributed by atoms with Crippen molar-refractivity contribution in [3.8, 4) is 0 Å². The molecule has 120 valence electrons. The van der Waals surface area contributed by atoms with E-state index in [0.717, 1.165) is 55.3 Å². The molecular weight excluding hydrogens is 310 g/mol. The van der Waals surface area contributed by atoms with Crippen LogP contribution in [-0.4, -0.2) is 19.9 Å². The second-order valence-corrected chi connectivity index (χ2v) is 6.37. The Balaban J connectivity index is 2.11. The highest BCUT2D eigenvalue weighted by Gasteiger charge is 2.14. The molecule has 0 spiro atoms. The summed E-state index contributed by atoms with van der Waals surface area (Å²) in [6, 6.07) is 13.7. The molecule has 5 nitrogen and oxygen atoms in total. The van der Waals surface area contributed by atoms with E-state index in [1.807, 2.05) is 44.2 Å². The summed E-state index contributed by atoms with van der Waals surface area (Å²) in [6.45, 7) is 3.97. The monoisotopic (exact) mass is 325 g/mol. The summed E-state index contributed by atoms with van der Waals surface area (Å²) in [5, 5.41) is 1.93. The van der Waals surface area contributed by atoms with E-state index in [-0.39, 0.29) is 0 Å². The Bertz CT molecular complexity index is 1320. The molecule has 0 fully saturated rings. The van der Waals surface area contributed by atoms with E-state index in [0.29, 0.717) is 5.69 Å². The van der Waals surface area contributed by atoms with Gasteiger partial charge in [-0.2, -0.15) is 0 Å². The molecule has 5 aromatic rings. The maximum Gasteiger partial charge on any atom is 0.0996 e. The fourth-order valence-electron chi connectivity index (χ4n) is 3.30. The zero-order valence-corrected chi connectivity index (χ0v) is 13.9. The van der Waals surface area contributed by atoms with Gasteiger partial charge < -0.3 is 5.73 Å². The van der Waals surface area contributed by atoms with Crippen molar-refractivity contribution in [1.29, 1.82) is 0 Å². The van der Waals surface area contributed by atoms with Crippen LogP contribution in [0.25, 0.3) is 43.9 Å². The third-order valence-corrected chi connectivity index (χ3v) is 4.49. The molecule has 5 heteroatoms. The van der Waals surface area contributed by atoms with E-state index >= 15 is 0 Å². The van der Waals surface area contributed by atoms with Crippen LogP contribution in [0.15, 0.2) is 42.5 Å². The summed E-state index contributed by atoms with van der Waals surface area (Å²) in [7, 11) is 0. The Morgan fingerprint density at radius 3 is 1.72 bits per heavy atom. The Hall–Kier alpha value is -3.34. The SMILES string of the molecule is Cc1ccc2c(n1)c1nc(C)ccc1c1nc3cc(N)ccc3nc21. The largest absolute Gasteiger partial charge is 0.399 e. The minimum absolute atomic E-state index is 0.678. The first-order valence-corrected chi connectivity index (χ1v) is 8.14. The molecule has 0 amide bonds. The molecule has 5 rings (SSSR count). The third-order valence-electron chi connectivity index (χ3n) is 4.49. The fourth-order valence-corrected chi connectivity index (χ4v) is 3.30. The minimum Gasteiger partial charge on any atom is -0.399 e. The number of nitrogens with zero attached hydrogens (tertiary/aromatic N) is 4. The van der Waals surface area contributed by atoms with Gasteiger partial charge in [-0.25, -0.2) is 9.97 Å². The molecule has 3 aromatic heterocycles. The van der Waals surface area contributed by atoms with Crippen LogP contribution in [0.5, 0.6) is 0 Å². The quantitative estimate of drug-likeness (QED) is 0.264. The summed E-state index contributed by atoms with van der Waals surface area (Å²) < 4.78 is 0. The van der Waals surface area contributed by atoms with Crippen molar-refractivity contribution < 1.29 is 0 Å². The van der Waals surface area contributed by atoms with E-state index in [9.17, 15) is 0 Å². The molecule has 2 aromatic carbocycles. The number of hydrogen-bond donors (Lipinski definition) is 1. The van der Waals surface area contributed by atoms with Gasteiger partial charge in [0, 0.05) is 27.8 Å². The molecule has 2 N–H and O–H groups in total. The topological polar surface area (TPSA) is 77.6 Å². The second kappa shape index (κ2) is 4.83. The molecule has 0 radical (unpaired) electrons.